The number of fused-ring (bicyclic) bond motifs is 3. The number of hydrogen-bond acceptors (Lipinski definition) is 6. The topological polar surface area (TPSA) is 84.0 Å². The van der Waals surface area contributed by atoms with Gasteiger partial charge in [0.2, 0.25) is 5.91 Å². The summed E-state index contributed by atoms with van der Waals surface area (Å²) in [5.41, 5.74) is 5.27. The fourth-order valence-corrected chi connectivity index (χ4v) is 6.26. The first-order chi connectivity index (χ1) is 19.4. The van der Waals surface area contributed by atoms with Gasteiger partial charge in [-0.05, 0) is 72.7 Å². The molecule has 208 valence electrons. The first-order valence-corrected chi connectivity index (χ1v) is 14.1. The van der Waals surface area contributed by atoms with Crippen molar-refractivity contribution in [2.45, 2.75) is 62.9 Å². The first-order valence-electron chi connectivity index (χ1n) is 14.1. The second kappa shape index (κ2) is 11.3. The molecule has 3 atom stereocenters. The highest BCUT2D eigenvalue weighted by molar-refractivity contribution is 5.98. The lowest BCUT2D eigenvalue weighted by molar-refractivity contribution is -0.134. The highest BCUT2D eigenvalue weighted by atomic mass is 16.5. The summed E-state index contributed by atoms with van der Waals surface area (Å²) in [5.74, 6) is 0.497. The number of carbonyl (C=O) groups is 2. The van der Waals surface area contributed by atoms with Crippen LogP contribution in [0.5, 0.6) is 5.75 Å². The van der Waals surface area contributed by atoms with Gasteiger partial charge in [0.1, 0.15) is 18.5 Å². The van der Waals surface area contributed by atoms with Gasteiger partial charge < -0.3 is 24.6 Å². The van der Waals surface area contributed by atoms with E-state index in [9.17, 15) is 9.59 Å². The van der Waals surface area contributed by atoms with Gasteiger partial charge in [-0.15, -0.1) is 0 Å². The molecule has 1 aliphatic carbocycles. The van der Waals surface area contributed by atoms with Gasteiger partial charge in [-0.2, -0.15) is 0 Å². The molecule has 2 aromatic carbocycles. The SMILES string of the molecule is CN(Cc1ccncc1)c1ccc2c(c1)C(=O)N(C)[C@H]1CC[C@@H](CC(=O)NC3Cc4ccccc4C3)O[C@H]1CO2. The van der Waals surface area contributed by atoms with E-state index >= 15 is 0 Å². The van der Waals surface area contributed by atoms with Crippen LogP contribution in [0, 0.1) is 0 Å². The van der Waals surface area contributed by atoms with Gasteiger partial charge in [-0.25, -0.2) is 0 Å². The van der Waals surface area contributed by atoms with Crippen molar-refractivity contribution in [2.24, 2.45) is 0 Å². The molecule has 6 rings (SSSR count). The highest BCUT2D eigenvalue weighted by Crippen LogP contribution is 2.33. The van der Waals surface area contributed by atoms with Gasteiger partial charge in [0.05, 0.1) is 24.1 Å². The quantitative estimate of drug-likeness (QED) is 0.513. The second-order valence-electron chi connectivity index (χ2n) is 11.2. The number of carbonyl (C=O) groups excluding carboxylic acids is 2. The standard InChI is InChI=1S/C32H36N4O4/c1-35(19-21-11-13-33-14-12-21)25-7-10-29-27(17-25)32(38)36(2)28-9-8-26(40-30(28)20-39-29)18-31(37)34-24-15-22-5-3-4-6-23(22)16-24/h3-7,10-14,17,24,26,28,30H,8-9,15-16,18-20H2,1-2H3,(H,34,37)/t26-,28-,30-/m0/s1. The summed E-state index contributed by atoms with van der Waals surface area (Å²) in [6.07, 6.45) is 6.63. The lowest BCUT2D eigenvalue weighted by atomic mass is 9.94. The van der Waals surface area contributed by atoms with Gasteiger partial charge >= 0.3 is 0 Å². The lowest BCUT2D eigenvalue weighted by Gasteiger charge is -2.42. The zero-order valence-electron chi connectivity index (χ0n) is 23.1. The normalized spacial score (nSPS) is 22.3. The van der Waals surface area contributed by atoms with Crippen LogP contribution >= 0.6 is 0 Å². The number of amides is 2. The van der Waals surface area contributed by atoms with E-state index in [1.165, 1.54) is 11.1 Å². The minimum Gasteiger partial charge on any atom is -0.490 e. The third kappa shape index (κ3) is 5.54. The molecule has 2 amide bonds. The maximum Gasteiger partial charge on any atom is 0.257 e. The Bertz CT molecular complexity index is 1360. The Balaban J connectivity index is 1.08. The summed E-state index contributed by atoms with van der Waals surface area (Å²) in [7, 11) is 3.85. The number of benzene rings is 2. The molecule has 3 heterocycles. The maximum absolute atomic E-state index is 13.6. The molecule has 0 bridgehead atoms. The van der Waals surface area contributed by atoms with Gasteiger partial charge in [0.25, 0.3) is 5.91 Å². The van der Waals surface area contributed by atoms with E-state index < -0.39 is 0 Å². The molecule has 40 heavy (non-hydrogen) atoms. The van der Waals surface area contributed by atoms with Crippen molar-refractivity contribution in [2.75, 3.05) is 25.6 Å². The van der Waals surface area contributed by atoms with E-state index in [0.29, 0.717) is 30.9 Å². The molecule has 1 fully saturated rings. The van der Waals surface area contributed by atoms with Gasteiger partial charge in [-0.3, -0.25) is 14.6 Å². The first kappa shape index (κ1) is 26.3. The molecule has 2 aliphatic heterocycles. The van der Waals surface area contributed by atoms with E-state index in [0.717, 1.165) is 36.9 Å². The van der Waals surface area contributed by atoms with Crippen LogP contribution in [0.25, 0.3) is 0 Å². The number of likely N-dealkylation sites (N-methyl/N-ethyl adjacent to an activating group) is 1. The summed E-state index contributed by atoms with van der Waals surface area (Å²) >= 11 is 0. The van der Waals surface area contributed by atoms with E-state index in [1.54, 1.807) is 17.3 Å². The van der Waals surface area contributed by atoms with Crippen molar-refractivity contribution in [3.63, 3.8) is 0 Å². The third-order valence-corrected chi connectivity index (χ3v) is 8.43. The minimum absolute atomic E-state index is 0.0196. The van der Waals surface area contributed by atoms with Gasteiger partial charge in [-0.1, -0.05) is 24.3 Å². The molecule has 3 aliphatic rings. The Morgan fingerprint density at radius 3 is 2.58 bits per heavy atom. The zero-order chi connectivity index (χ0) is 27.6. The molecule has 0 saturated carbocycles. The second-order valence-corrected chi connectivity index (χ2v) is 11.2. The van der Waals surface area contributed by atoms with E-state index in [1.807, 2.05) is 56.6 Å². The van der Waals surface area contributed by atoms with Crippen molar-refractivity contribution in [3.8, 4) is 5.75 Å². The van der Waals surface area contributed by atoms with Crippen LogP contribution in [0.1, 0.15) is 46.3 Å². The number of ether oxygens (including phenoxy) is 2. The molecule has 1 saturated heterocycles. The molecular weight excluding hydrogens is 504 g/mol. The number of hydrogen-bond donors (Lipinski definition) is 1. The summed E-state index contributed by atoms with van der Waals surface area (Å²) < 4.78 is 12.6. The fraction of sp³-hybridized carbons (Fsp3) is 0.406. The molecule has 0 unspecified atom stereocenters. The largest absolute Gasteiger partial charge is 0.490 e. The van der Waals surface area contributed by atoms with Gasteiger partial charge in [0, 0.05) is 44.8 Å². The van der Waals surface area contributed by atoms with Crippen molar-refractivity contribution < 1.29 is 19.1 Å². The van der Waals surface area contributed by atoms with E-state index in [2.05, 4.69) is 27.3 Å². The number of anilines is 1. The van der Waals surface area contributed by atoms with Crippen LogP contribution in [0.2, 0.25) is 0 Å². The number of pyridine rings is 1. The number of nitrogens with one attached hydrogen (secondary N) is 1. The average Bonchev–Trinajstić information content (AvgIpc) is 3.37. The predicted molar refractivity (Wildman–Crippen MR) is 152 cm³/mol. The highest BCUT2D eigenvalue weighted by Gasteiger charge is 2.39. The molecular formula is C32H36N4O4. The van der Waals surface area contributed by atoms with Crippen LogP contribution in [0.3, 0.4) is 0 Å². The van der Waals surface area contributed by atoms with E-state index in [-0.39, 0.29) is 36.1 Å². The van der Waals surface area contributed by atoms with Crippen LogP contribution < -0.4 is 15.0 Å². The lowest BCUT2D eigenvalue weighted by Crippen LogP contribution is -2.54. The summed E-state index contributed by atoms with van der Waals surface area (Å²) in [4.78, 5) is 34.5. The Labute approximate surface area is 235 Å². The summed E-state index contributed by atoms with van der Waals surface area (Å²) in [6.45, 7) is 1.03. The molecule has 3 aromatic rings. The summed E-state index contributed by atoms with van der Waals surface area (Å²) in [6, 6.07) is 18.1. The van der Waals surface area contributed by atoms with Crippen LogP contribution in [0.15, 0.2) is 67.0 Å². The van der Waals surface area contributed by atoms with Crippen molar-refractivity contribution >= 4 is 17.5 Å². The van der Waals surface area contributed by atoms with E-state index in [4.69, 9.17) is 9.47 Å². The van der Waals surface area contributed by atoms with Crippen molar-refractivity contribution in [1.29, 1.82) is 0 Å². The molecule has 0 spiro atoms. The van der Waals surface area contributed by atoms with Crippen molar-refractivity contribution in [1.82, 2.24) is 15.2 Å². The number of nitrogens with zero attached hydrogens (tertiary/aromatic N) is 3. The van der Waals surface area contributed by atoms with Crippen LogP contribution in [0.4, 0.5) is 5.69 Å². The predicted octanol–water partition coefficient (Wildman–Crippen LogP) is 3.77. The zero-order valence-corrected chi connectivity index (χ0v) is 23.1. The Hall–Kier alpha value is -3.91. The Morgan fingerprint density at radius 1 is 1.07 bits per heavy atom. The maximum atomic E-state index is 13.6. The van der Waals surface area contributed by atoms with Crippen LogP contribution in [-0.4, -0.2) is 66.7 Å². The summed E-state index contributed by atoms with van der Waals surface area (Å²) in [5, 5.41) is 3.20. The Kier molecular flexibility index (Phi) is 7.43. The monoisotopic (exact) mass is 540 g/mol. The fourth-order valence-electron chi connectivity index (χ4n) is 6.26. The Morgan fingerprint density at radius 2 is 1.82 bits per heavy atom. The average molecular weight is 541 g/mol. The smallest absolute Gasteiger partial charge is 0.257 e. The van der Waals surface area contributed by atoms with Crippen LogP contribution in [-0.2, 0) is 28.9 Å². The van der Waals surface area contributed by atoms with Gasteiger partial charge in [0.15, 0.2) is 0 Å². The third-order valence-electron chi connectivity index (χ3n) is 8.43. The van der Waals surface area contributed by atoms with Crippen molar-refractivity contribution in [3.05, 3.63) is 89.2 Å². The molecule has 0 radical (unpaired) electrons. The molecule has 8 nitrogen and oxygen atoms in total. The molecule has 1 N–H and O–H groups in total. The number of rotatable bonds is 6. The number of aromatic nitrogens is 1. The molecule has 1 aromatic heterocycles. The molecule has 8 heteroatoms. The minimum atomic E-state index is -0.293.